The van der Waals surface area contributed by atoms with Gasteiger partial charge in [-0.3, -0.25) is 0 Å². The lowest BCUT2D eigenvalue weighted by Gasteiger charge is -2.12. The van der Waals surface area contributed by atoms with Crippen LogP contribution in [0.15, 0.2) is 18.2 Å². The van der Waals surface area contributed by atoms with Crippen LogP contribution in [0.2, 0.25) is 0 Å². The summed E-state index contributed by atoms with van der Waals surface area (Å²) in [5.41, 5.74) is 0.201. The van der Waals surface area contributed by atoms with Crippen molar-refractivity contribution in [2.75, 3.05) is 13.7 Å². The van der Waals surface area contributed by atoms with Gasteiger partial charge in [0.2, 0.25) is 0 Å². The van der Waals surface area contributed by atoms with Crippen molar-refractivity contribution in [3.05, 3.63) is 29.3 Å². The first-order valence-corrected chi connectivity index (χ1v) is 4.76. The van der Waals surface area contributed by atoms with E-state index in [9.17, 15) is 18.0 Å². The zero-order valence-electron chi connectivity index (χ0n) is 9.38. The highest BCUT2D eigenvalue weighted by Gasteiger charge is 2.29. The van der Waals surface area contributed by atoms with Crippen LogP contribution in [0.1, 0.15) is 15.9 Å². The second-order valence-corrected chi connectivity index (χ2v) is 3.25. The third-order valence-corrected chi connectivity index (χ3v) is 1.94. The van der Waals surface area contributed by atoms with Crippen LogP contribution in [0.25, 0.3) is 0 Å². The van der Waals surface area contributed by atoms with Crippen molar-refractivity contribution in [2.24, 2.45) is 0 Å². The maximum atomic E-state index is 12.0. The molecule has 0 spiro atoms. The monoisotopic (exact) mass is 258 g/mol. The summed E-state index contributed by atoms with van der Waals surface area (Å²) in [6.45, 7) is -1.49. The van der Waals surface area contributed by atoms with E-state index in [1.807, 2.05) is 0 Å². The van der Waals surface area contributed by atoms with E-state index in [-0.39, 0.29) is 11.3 Å². The molecule has 1 aromatic carbocycles. The van der Waals surface area contributed by atoms with Gasteiger partial charge in [0.15, 0.2) is 6.61 Å². The number of hydrogen-bond donors (Lipinski definition) is 0. The Morgan fingerprint density at radius 2 is 2.11 bits per heavy atom. The predicted molar refractivity (Wildman–Crippen MR) is 57.3 cm³/mol. The van der Waals surface area contributed by atoms with Gasteiger partial charge in [0, 0.05) is 5.56 Å². The summed E-state index contributed by atoms with van der Waals surface area (Å²) in [5, 5.41) is 0. The molecule has 0 aliphatic rings. The predicted octanol–water partition coefficient (Wildman–Crippen LogP) is 2.40. The van der Waals surface area contributed by atoms with Gasteiger partial charge in [0.05, 0.1) is 7.11 Å². The van der Waals surface area contributed by atoms with E-state index in [2.05, 4.69) is 15.4 Å². The Labute approximate surface area is 102 Å². The van der Waals surface area contributed by atoms with Gasteiger partial charge in [-0.05, 0) is 18.2 Å². The molecule has 0 heterocycles. The number of carbonyl (C=O) groups excluding carboxylic acids is 1. The normalized spacial score (nSPS) is 10.6. The number of hydrogen-bond acceptors (Lipinski definition) is 3. The summed E-state index contributed by atoms with van der Waals surface area (Å²) >= 11 is 0. The van der Waals surface area contributed by atoms with Crippen molar-refractivity contribution in [3.8, 4) is 18.1 Å². The van der Waals surface area contributed by atoms with Crippen molar-refractivity contribution in [3.63, 3.8) is 0 Å². The number of halogens is 3. The Balaban J connectivity index is 3.04. The van der Waals surface area contributed by atoms with E-state index in [0.717, 1.165) is 7.11 Å². The summed E-state index contributed by atoms with van der Waals surface area (Å²) in [5.74, 6) is 1.22. The topological polar surface area (TPSA) is 35.5 Å². The van der Waals surface area contributed by atoms with Crippen LogP contribution in [-0.2, 0) is 4.74 Å². The van der Waals surface area contributed by atoms with E-state index < -0.39 is 18.8 Å². The van der Waals surface area contributed by atoms with Gasteiger partial charge >= 0.3 is 12.1 Å². The molecule has 0 aromatic heterocycles. The van der Waals surface area contributed by atoms with Crippen LogP contribution >= 0.6 is 0 Å². The van der Waals surface area contributed by atoms with Crippen LogP contribution in [0.3, 0.4) is 0 Å². The Kier molecular flexibility index (Phi) is 4.21. The standard InChI is InChI=1S/C12H9F3O3/c1-3-8-4-5-10(18-7-12(13,14)15)9(6-8)11(16)17-2/h1,4-6H,7H2,2H3. The molecule has 0 aliphatic heterocycles. The van der Waals surface area contributed by atoms with Crippen LogP contribution < -0.4 is 4.74 Å². The first-order valence-electron chi connectivity index (χ1n) is 4.76. The molecular weight excluding hydrogens is 249 g/mol. The lowest BCUT2D eigenvalue weighted by atomic mass is 10.1. The fourth-order valence-corrected chi connectivity index (χ4v) is 1.17. The molecule has 0 N–H and O–H groups in total. The lowest BCUT2D eigenvalue weighted by molar-refractivity contribution is -0.153. The maximum absolute atomic E-state index is 12.0. The minimum absolute atomic E-state index is 0.141. The molecule has 0 atom stereocenters. The smallest absolute Gasteiger partial charge is 0.422 e. The molecule has 0 aliphatic carbocycles. The maximum Gasteiger partial charge on any atom is 0.422 e. The fourth-order valence-electron chi connectivity index (χ4n) is 1.17. The number of methoxy groups -OCH3 is 1. The van der Waals surface area contributed by atoms with Gasteiger partial charge in [-0.25, -0.2) is 4.79 Å². The quantitative estimate of drug-likeness (QED) is 0.617. The van der Waals surface area contributed by atoms with E-state index in [0.29, 0.717) is 5.56 Å². The largest absolute Gasteiger partial charge is 0.483 e. The summed E-state index contributed by atoms with van der Waals surface area (Å²) in [7, 11) is 1.11. The highest BCUT2D eigenvalue weighted by Crippen LogP contribution is 2.24. The minimum Gasteiger partial charge on any atom is -0.483 e. The Morgan fingerprint density at radius 1 is 1.44 bits per heavy atom. The first-order chi connectivity index (χ1) is 8.37. The number of rotatable bonds is 3. The third kappa shape index (κ3) is 3.70. The van der Waals surface area contributed by atoms with Gasteiger partial charge in [-0.2, -0.15) is 13.2 Å². The molecule has 0 saturated heterocycles. The zero-order chi connectivity index (χ0) is 13.8. The summed E-state index contributed by atoms with van der Waals surface area (Å²) < 4.78 is 45.1. The summed E-state index contributed by atoms with van der Waals surface area (Å²) in [6.07, 6.45) is 0.643. The highest BCUT2D eigenvalue weighted by atomic mass is 19.4. The Hall–Kier alpha value is -2.16. The molecule has 0 amide bonds. The number of terminal acetylenes is 1. The van der Waals surface area contributed by atoms with Crippen LogP contribution in [0.4, 0.5) is 13.2 Å². The summed E-state index contributed by atoms with van der Waals surface area (Å²) in [4.78, 5) is 11.4. The first kappa shape index (κ1) is 13.9. The SMILES string of the molecule is C#Cc1ccc(OCC(F)(F)F)c(C(=O)OC)c1. The molecular formula is C12H9F3O3. The zero-order valence-corrected chi connectivity index (χ0v) is 9.38. The Morgan fingerprint density at radius 3 is 2.61 bits per heavy atom. The number of alkyl halides is 3. The molecule has 0 radical (unpaired) electrons. The molecule has 96 valence electrons. The average molecular weight is 258 g/mol. The molecule has 0 saturated carbocycles. The van der Waals surface area contributed by atoms with Gasteiger partial charge in [-0.1, -0.05) is 5.92 Å². The van der Waals surface area contributed by atoms with Gasteiger partial charge in [0.1, 0.15) is 11.3 Å². The van der Waals surface area contributed by atoms with Gasteiger partial charge in [-0.15, -0.1) is 6.42 Å². The number of benzene rings is 1. The molecule has 1 rings (SSSR count). The van der Waals surface area contributed by atoms with Gasteiger partial charge < -0.3 is 9.47 Å². The average Bonchev–Trinajstić information content (AvgIpc) is 2.34. The molecule has 0 unspecified atom stereocenters. The van der Waals surface area contributed by atoms with E-state index >= 15 is 0 Å². The lowest BCUT2D eigenvalue weighted by Crippen LogP contribution is -2.20. The van der Waals surface area contributed by atoms with E-state index in [4.69, 9.17) is 6.42 Å². The molecule has 1 aromatic rings. The second-order valence-electron chi connectivity index (χ2n) is 3.25. The minimum atomic E-state index is -4.49. The van der Waals surface area contributed by atoms with Gasteiger partial charge in [0.25, 0.3) is 0 Å². The number of ether oxygens (including phenoxy) is 2. The molecule has 18 heavy (non-hydrogen) atoms. The highest BCUT2D eigenvalue weighted by molar-refractivity contribution is 5.92. The third-order valence-electron chi connectivity index (χ3n) is 1.94. The van der Waals surface area contributed by atoms with Crippen molar-refractivity contribution in [1.29, 1.82) is 0 Å². The van der Waals surface area contributed by atoms with Crippen molar-refractivity contribution < 1.29 is 27.4 Å². The van der Waals surface area contributed by atoms with E-state index in [1.54, 1.807) is 0 Å². The molecule has 0 fully saturated rings. The fraction of sp³-hybridized carbons (Fsp3) is 0.250. The molecule has 6 heteroatoms. The second kappa shape index (κ2) is 5.45. The number of esters is 1. The van der Waals surface area contributed by atoms with Crippen LogP contribution in [-0.4, -0.2) is 25.9 Å². The number of carbonyl (C=O) groups is 1. The summed E-state index contributed by atoms with van der Waals surface area (Å²) in [6, 6.07) is 3.81. The molecule has 0 bridgehead atoms. The van der Waals surface area contributed by atoms with Crippen molar-refractivity contribution >= 4 is 5.97 Å². The van der Waals surface area contributed by atoms with Crippen LogP contribution in [0.5, 0.6) is 5.75 Å². The molecule has 3 nitrogen and oxygen atoms in total. The van der Waals surface area contributed by atoms with Crippen LogP contribution in [0, 0.1) is 12.3 Å². The Bertz CT molecular complexity index is 486. The van der Waals surface area contributed by atoms with Crippen molar-refractivity contribution in [1.82, 2.24) is 0 Å². The van der Waals surface area contributed by atoms with E-state index in [1.165, 1.54) is 18.2 Å². The van der Waals surface area contributed by atoms with Crippen molar-refractivity contribution in [2.45, 2.75) is 6.18 Å².